The summed E-state index contributed by atoms with van der Waals surface area (Å²) in [6.07, 6.45) is 0. The lowest BCUT2D eigenvalue weighted by molar-refractivity contribution is 1.29. The van der Waals surface area contributed by atoms with Crippen LogP contribution in [0.1, 0.15) is 0 Å². The lowest BCUT2D eigenvalue weighted by Gasteiger charge is -2.26. The van der Waals surface area contributed by atoms with Crippen LogP contribution in [0.5, 0.6) is 0 Å². The van der Waals surface area contributed by atoms with E-state index in [0.717, 1.165) is 17.1 Å². The van der Waals surface area contributed by atoms with E-state index in [4.69, 9.17) is 0 Å². The van der Waals surface area contributed by atoms with Gasteiger partial charge in [-0.2, -0.15) is 0 Å². The summed E-state index contributed by atoms with van der Waals surface area (Å²) in [5.74, 6) is 0. The third kappa shape index (κ3) is 4.34. The van der Waals surface area contributed by atoms with Gasteiger partial charge in [-0.15, -0.1) is 11.3 Å². The molecule has 0 spiro atoms. The van der Waals surface area contributed by atoms with Crippen molar-refractivity contribution in [1.29, 1.82) is 0 Å². The van der Waals surface area contributed by atoms with Crippen molar-refractivity contribution < 1.29 is 0 Å². The van der Waals surface area contributed by atoms with Crippen molar-refractivity contribution in [2.75, 3.05) is 4.90 Å². The van der Waals surface area contributed by atoms with Crippen molar-refractivity contribution in [3.05, 3.63) is 164 Å². The largest absolute Gasteiger partial charge is 0.310 e. The predicted molar refractivity (Wildman–Crippen MR) is 182 cm³/mol. The van der Waals surface area contributed by atoms with E-state index in [0.29, 0.717) is 0 Å². The monoisotopic (exact) mass is 553 g/mol. The van der Waals surface area contributed by atoms with Crippen LogP contribution in [-0.4, -0.2) is 0 Å². The molecule has 8 aromatic rings. The normalized spacial score (nSPS) is 11.3. The van der Waals surface area contributed by atoms with Crippen LogP contribution in [0.3, 0.4) is 0 Å². The molecule has 7 aromatic carbocycles. The summed E-state index contributed by atoms with van der Waals surface area (Å²) in [6.45, 7) is 0. The highest BCUT2D eigenvalue weighted by Gasteiger charge is 2.16. The highest BCUT2D eigenvalue weighted by molar-refractivity contribution is 7.25. The molecule has 0 radical (unpaired) electrons. The summed E-state index contributed by atoms with van der Waals surface area (Å²) in [5.41, 5.74) is 8.35. The SMILES string of the molecule is c1ccc(-c2cc3ccccc3cc2-c2ccc(N(c3ccccc3)c3ccc4c(c3)sc3ccccc34)cc2)cc1. The van der Waals surface area contributed by atoms with Crippen LogP contribution in [0.2, 0.25) is 0 Å². The van der Waals surface area contributed by atoms with Gasteiger partial charge in [-0.1, -0.05) is 109 Å². The van der Waals surface area contributed by atoms with Crippen LogP contribution in [0.25, 0.3) is 53.2 Å². The van der Waals surface area contributed by atoms with Crippen molar-refractivity contribution >= 4 is 59.3 Å². The summed E-state index contributed by atoms with van der Waals surface area (Å²) in [6, 6.07) is 59.2. The van der Waals surface area contributed by atoms with Gasteiger partial charge in [0.05, 0.1) is 0 Å². The molecule has 0 amide bonds. The van der Waals surface area contributed by atoms with E-state index in [1.807, 2.05) is 11.3 Å². The van der Waals surface area contributed by atoms with Crippen molar-refractivity contribution in [3.8, 4) is 22.3 Å². The lowest BCUT2D eigenvalue weighted by Crippen LogP contribution is -2.09. The number of hydrogen-bond acceptors (Lipinski definition) is 2. The zero-order valence-corrected chi connectivity index (χ0v) is 23.8. The predicted octanol–water partition coefficient (Wildman–Crippen LogP) is 12.0. The van der Waals surface area contributed by atoms with Crippen molar-refractivity contribution in [1.82, 2.24) is 0 Å². The number of hydrogen-bond donors (Lipinski definition) is 0. The Morgan fingerprint density at radius 3 is 1.60 bits per heavy atom. The van der Waals surface area contributed by atoms with Gasteiger partial charge in [0.25, 0.3) is 0 Å². The van der Waals surface area contributed by atoms with Crippen LogP contribution in [0, 0.1) is 0 Å². The average Bonchev–Trinajstić information content (AvgIpc) is 3.43. The Hall–Kier alpha value is -5.18. The van der Waals surface area contributed by atoms with Gasteiger partial charge >= 0.3 is 0 Å². The molecule has 0 N–H and O–H groups in total. The molecule has 0 saturated carbocycles. The molecule has 0 aliphatic carbocycles. The van der Waals surface area contributed by atoms with E-state index in [1.54, 1.807) is 0 Å². The Morgan fingerprint density at radius 2 is 0.881 bits per heavy atom. The van der Waals surface area contributed by atoms with Crippen LogP contribution < -0.4 is 4.90 Å². The Labute approximate surface area is 249 Å². The maximum atomic E-state index is 2.35. The number of para-hydroxylation sites is 1. The van der Waals surface area contributed by atoms with E-state index in [1.165, 1.54) is 53.2 Å². The molecule has 0 fully saturated rings. The van der Waals surface area contributed by atoms with E-state index in [9.17, 15) is 0 Å². The fourth-order valence-electron chi connectivity index (χ4n) is 6.00. The first kappa shape index (κ1) is 24.6. The Kier molecular flexibility index (Phi) is 6.05. The maximum absolute atomic E-state index is 2.35. The molecule has 198 valence electrons. The molecule has 1 nitrogen and oxygen atoms in total. The van der Waals surface area contributed by atoms with Gasteiger partial charge in [-0.3, -0.25) is 0 Å². The van der Waals surface area contributed by atoms with Gasteiger partial charge in [-0.05, 0) is 87.6 Å². The molecule has 0 bridgehead atoms. The Balaban J connectivity index is 1.25. The first-order valence-corrected chi connectivity index (χ1v) is 15.1. The van der Waals surface area contributed by atoms with Crippen LogP contribution in [-0.2, 0) is 0 Å². The number of rotatable bonds is 5. The molecule has 0 unspecified atom stereocenters. The van der Waals surface area contributed by atoms with E-state index < -0.39 is 0 Å². The second kappa shape index (κ2) is 10.3. The van der Waals surface area contributed by atoms with Crippen LogP contribution >= 0.6 is 11.3 Å². The van der Waals surface area contributed by atoms with Crippen molar-refractivity contribution in [2.45, 2.75) is 0 Å². The molecule has 2 heteroatoms. The van der Waals surface area contributed by atoms with E-state index >= 15 is 0 Å². The zero-order valence-electron chi connectivity index (χ0n) is 22.9. The van der Waals surface area contributed by atoms with Crippen LogP contribution in [0.15, 0.2) is 164 Å². The third-order valence-electron chi connectivity index (χ3n) is 8.04. The first-order chi connectivity index (χ1) is 20.8. The molecule has 1 aromatic heterocycles. The molecule has 0 aliphatic rings. The number of nitrogens with zero attached hydrogens (tertiary/aromatic N) is 1. The number of anilines is 3. The quantitative estimate of drug-likeness (QED) is 0.205. The number of benzene rings is 7. The lowest BCUT2D eigenvalue weighted by atomic mass is 9.91. The Bertz CT molecular complexity index is 2180. The summed E-state index contributed by atoms with van der Waals surface area (Å²) in [5, 5.41) is 5.14. The van der Waals surface area contributed by atoms with E-state index in [-0.39, 0.29) is 0 Å². The number of fused-ring (bicyclic) bond motifs is 4. The molecule has 8 rings (SSSR count). The summed E-state index contributed by atoms with van der Waals surface area (Å²) >= 11 is 1.86. The second-order valence-corrected chi connectivity index (χ2v) is 11.7. The van der Waals surface area contributed by atoms with E-state index in [2.05, 4.69) is 169 Å². The highest BCUT2D eigenvalue weighted by atomic mass is 32.1. The van der Waals surface area contributed by atoms with Gasteiger partial charge in [-0.25, -0.2) is 0 Å². The van der Waals surface area contributed by atoms with Gasteiger partial charge in [0.1, 0.15) is 0 Å². The van der Waals surface area contributed by atoms with Crippen molar-refractivity contribution in [3.63, 3.8) is 0 Å². The molecule has 0 aliphatic heterocycles. The van der Waals surface area contributed by atoms with Gasteiger partial charge < -0.3 is 4.90 Å². The second-order valence-electron chi connectivity index (χ2n) is 10.6. The molecular formula is C40H27NS. The standard InChI is InChI=1S/C40H27NS/c1-3-11-28(12-4-1)37-25-30-13-7-8-14-31(30)26-38(37)29-19-21-33(22-20-29)41(32-15-5-2-6-16-32)34-23-24-36-35-17-9-10-18-39(35)42-40(36)27-34/h1-27H. The fraction of sp³-hybridized carbons (Fsp3) is 0. The van der Waals surface area contributed by atoms with Crippen molar-refractivity contribution in [2.24, 2.45) is 0 Å². The molecular weight excluding hydrogens is 527 g/mol. The summed E-state index contributed by atoms with van der Waals surface area (Å²) in [4.78, 5) is 2.35. The molecule has 42 heavy (non-hydrogen) atoms. The minimum absolute atomic E-state index is 1.13. The fourth-order valence-corrected chi connectivity index (χ4v) is 7.14. The molecule has 0 saturated heterocycles. The maximum Gasteiger partial charge on any atom is 0.0476 e. The van der Waals surface area contributed by atoms with Gasteiger partial charge in [0, 0.05) is 37.2 Å². The average molecular weight is 554 g/mol. The van der Waals surface area contributed by atoms with Crippen LogP contribution in [0.4, 0.5) is 17.1 Å². The minimum Gasteiger partial charge on any atom is -0.310 e. The molecule has 0 atom stereocenters. The zero-order chi connectivity index (χ0) is 27.9. The number of thiophene rings is 1. The summed E-state index contributed by atoms with van der Waals surface area (Å²) in [7, 11) is 0. The highest BCUT2D eigenvalue weighted by Crippen LogP contribution is 2.42. The Morgan fingerprint density at radius 1 is 0.357 bits per heavy atom. The third-order valence-corrected chi connectivity index (χ3v) is 9.18. The molecule has 1 heterocycles. The van der Waals surface area contributed by atoms with Gasteiger partial charge in [0.15, 0.2) is 0 Å². The topological polar surface area (TPSA) is 3.24 Å². The minimum atomic E-state index is 1.13. The smallest absolute Gasteiger partial charge is 0.0476 e. The van der Waals surface area contributed by atoms with Gasteiger partial charge in [0.2, 0.25) is 0 Å². The summed E-state index contributed by atoms with van der Waals surface area (Å²) < 4.78 is 2.62. The first-order valence-electron chi connectivity index (χ1n) is 14.3.